The normalized spacial score (nSPS) is 17.0. The number of aryl methyl sites for hydroxylation is 1. The molecule has 3 heterocycles. The summed E-state index contributed by atoms with van der Waals surface area (Å²) in [5, 5.41) is 2.07. The second-order valence-corrected chi connectivity index (χ2v) is 9.94. The first-order valence-electron chi connectivity index (χ1n) is 11.4. The molecule has 1 aromatic carbocycles. The van der Waals surface area contributed by atoms with Gasteiger partial charge in [-0.3, -0.25) is 14.5 Å². The summed E-state index contributed by atoms with van der Waals surface area (Å²) < 4.78 is 2.21. The van der Waals surface area contributed by atoms with Gasteiger partial charge in [0.05, 0.1) is 6.54 Å². The van der Waals surface area contributed by atoms with E-state index < -0.39 is 0 Å². The van der Waals surface area contributed by atoms with Crippen LogP contribution in [0.4, 0.5) is 0 Å². The molecule has 1 saturated heterocycles. The van der Waals surface area contributed by atoms with Gasteiger partial charge in [0.25, 0.3) is 5.91 Å². The van der Waals surface area contributed by atoms with Gasteiger partial charge < -0.3 is 9.47 Å². The number of hydrogen-bond acceptors (Lipinski definition) is 4. The number of carbonyl (C=O) groups excluding carboxylic acids is 1. The highest BCUT2D eigenvalue weighted by Crippen LogP contribution is 2.42. The number of benzene rings is 1. The van der Waals surface area contributed by atoms with Crippen molar-refractivity contribution in [1.82, 2.24) is 14.4 Å². The average molecular weight is 448 g/mol. The maximum absolute atomic E-state index is 13.6. The molecule has 3 aromatic rings. The summed E-state index contributed by atoms with van der Waals surface area (Å²) in [7, 11) is 0. The minimum atomic E-state index is -0.122. The number of nitrogens with zero attached hydrogens (tertiary/aromatic N) is 3. The third kappa shape index (κ3) is 4.43. The van der Waals surface area contributed by atoms with Crippen LogP contribution >= 0.6 is 11.3 Å². The van der Waals surface area contributed by atoms with Gasteiger partial charge in [0.15, 0.2) is 5.43 Å². The molecule has 1 aliphatic heterocycles. The van der Waals surface area contributed by atoms with Crippen molar-refractivity contribution in [2.24, 2.45) is 0 Å². The number of piperazine rings is 1. The molecule has 1 amide bonds. The molecule has 2 aromatic heterocycles. The van der Waals surface area contributed by atoms with Crippen LogP contribution in [0.25, 0.3) is 0 Å². The van der Waals surface area contributed by atoms with Crippen molar-refractivity contribution in [2.75, 3.05) is 26.2 Å². The smallest absolute Gasteiger partial charge is 0.259 e. The Morgan fingerprint density at radius 1 is 1.00 bits per heavy atom. The lowest BCUT2D eigenvalue weighted by molar-refractivity contribution is 0.0625. The standard InChI is InChI=1S/C26H29N3O2S/c1-19-16-23(30)24(25(21-9-10-21)29(19)18-22-8-5-15-32-22)26(31)28-13-11-27(12-14-28)17-20-6-3-2-4-7-20/h2-8,15-16,21H,9-14,17-18H2,1H3. The van der Waals surface area contributed by atoms with Gasteiger partial charge in [-0.15, -0.1) is 11.3 Å². The van der Waals surface area contributed by atoms with E-state index in [1.165, 1.54) is 10.4 Å². The molecule has 5 rings (SSSR count). The zero-order valence-corrected chi connectivity index (χ0v) is 19.3. The Kier molecular flexibility index (Phi) is 5.98. The number of amides is 1. The predicted molar refractivity (Wildman–Crippen MR) is 128 cm³/mol. The first-order valence-corrected chi connectivity index (χ1v) is 12.3. The lowest BCUT2D eigenvalue weighted by atomic mass is 10.0. The van der Waals surface area contributed by atoms with E-state index in [1.807, 2.05) is 17.9 Å². The quantitative estimate of drug-likeness (QED) is 0.572. The first kappa shape index (κ1) is 21.2. The Bertz CT molecular complexity index is 1140. The largest absolute Gasteiger partial charge is 0.342 e. The summed E-state index contributed by atoms with van der Waals surface area (Å²) in [4.78, 5) is 32.2. The Labute approximate surface area is 192 Å². The van der Waals surface area contributed by atoms with E-state index >= 15 is 0 Å². The van der Waals surface area contributed by atoms with Crippen molar-refractivity contribution >= 4 is 17.2 Å². The van der Waals surface area contributed by atoms with Crippen molar-refractivity contribution in [3.63, 3.8) is 0 Å². The fraction of sp³-hybridized carbons (Fsp3) is 0.385. The molecule has 2 aliphatic rings. The van der Waals surface area contributed by atoms with Crippen LogP contribution in [0, 0.1) is 6.92 Å². The molecule has 0 spiro atoms. The molecule has 2 fully saturated rings. The second kappa shape index (κ2) is 9.04. The molecule has 32 heavy (non-hydrogen) atoms. The average Bonchev–Trinajstić information content (AvgIpc) is 3.51. The van der Waals surface area contributed by atoms with Gasteiger partial charge in [-0.2, -0.15) is 0 Å². The molecule has 6 heteroatoms. The number of rotatable bonds is 6. The van der Waals surface area contributed by atoms with Gasteiger partial charge >= 0.3 is 0 Å². The van der Waals surface area contributed by atoms with E-state index in [0.29, 0.717) is 24.6 Å². The van der Waals surface area contributed by atoms with Crippen LogP contribution in [0.3, 0.4) is 0 Å². The Morgan fingerprint density at radius 3 is 2.41 bits per heavy atom. The summed E-state index contributed by atoms with van der Waals surface area (Å²) in [6.45, 7) is 6.58. The molecule has 1 saturated carbocycles. The molecule has 0 atom stereocenters. The molecule has 5 nitrogen and oxygen atoms in total. The second-order valence-electron chi connectivity index (χ2n) is 8.90. The van der Waals surface area contributed by atoms with E-state index in [-0.39, 0.29) is 11.3 Å². The van der Waals surface area contributed by atoms with Crippen molar-refractivity contribution in [3.8, 4) is 0 Å². The first-order chi connectivity index (χ1) is 15.6. The highest BCUT2D eigenvalue weighted by molar-refractivity contribution is 7.09. The van der Waals surface area contributed by atoms with E-state index in [1.54, 1.807) is 17.4 Å². The Balaban J connectivity index is 1.37. The number of aromatic nitrogens is 1. The summed E-state index contributed by atoms with van der Waals surface area (Å²) in [5.74, 6) is 0.233. The van der Waals surface area contributed by atoms with Crippen molar-refractivity contribution < 1.29 is 4.79 Å². The van der Waals surface area contributed by atoms with Crippen LogP contribution in [0.2, 0.25) is 0 Å². The number of hydrogen-bond donors (Lipinski definition) is 0. The maximum atomic E-state index is 13.6. The van der Waals surface area contributed by atoms with Crippen LogP contribution in [0.5, 0.6) is 0 Å². The van der Waals surface area contributed by atoms with Crippen molar-refractivity contribution in [3.05, 3.63) is 91.5 Å². The van der Waals surface area contributed by atoms with Crippen molar-refractivity contribution in [1.29, 1.82) is 0 Å². The SMILES string of the molecule is Cc1cc(=O)c(C(=O)N2CCN(Cc3ccccc3)CC2)c(C2CC2)n1Cc1cccs1. The molecule has 166 valence electrons. The Hall–Kier alpha value is -2.70. The lowest BCUT2D eigenvalue weighted by Crippen LogP contribution is -2.49. The van der Waals surface area contributed by atoms with E-state index in [2.05, 4.69) is 51.2 Å². The van der Waals surface area contributed by atoms with Gasteiger partial charge in [-0.1, -0.05) is 36.4 Å². The topological polar surface area (TPSA) is 45.6 Å². The van der Waals surface area contributed by atoms with E-state index in [0.717, 1.165) is 50.4 Å². The van der Waals surface area contributed by atoms with Crippen LogP contribution in [-0.2, 0) is 13.1 Å². The van der Waals surface area contributed by atoms with Crippen LogP contribution in [-0.4, -0.2) is 46.5 Å². The van der Waals surface area contributed by atoms with E-state index in [9.17, 15) is 9.59 Å². The predicted octanol–water partition coefficient (Wildman–Crippen LogP) is 4.10. The minimum absolute atomic E-state index is 0.0869. The van der Waals surface area contributed by atoms with Gasteiger partial charge in [-0.05, 0) is 36.8 Å². The fourth-order valence-electron chi connectivity index (χ4n) is 4.66. The molecule has 0 unspecified atom stereocenters. The summed E-state index contributed by atoms with van der Waals surface area (Å²) >= 11 is 1.71. The minimum Gasteiger partial charge on any atom is -0.342 e. The third-order valence-electron chi connectivity index (χ3n) is 6.54. The lowest BCUT2D eigenvalue weighted by Gasteiger charge is -2.35. The summed E-state index contributed by atoms with van der Waals surface area (Å²) in [6, 6.07) is 16.3. The molecule has 0 bridgehead atoms. The van der Waals surface area contributed by atoms with E-state index in [4.69, 9.17) is 0 Å². The highest BCUT2D eigenvalue weighted by atomic mass is 32.1. The molecule has 1 aliphatic carbocycles. The van der Waals surface area contributed by atoms with Crippen LogP contribution in [0.15, 0.2) is 58.7 Å². The van der Waals surface area contributed by atoms with Crippen LogP contribution in [0.1, 0.15) is 50.9 Å². The van der Waals surface area contributed by atoms with Gasteiger partial charge in [0.1, 0.15) is 5.56 Å². The molecule has 0 radical (unpaired) electrons. The molecular formula is C26H29N3O2S. The summed E-state index contributed by atoms with van der Waals surface area (Å²) in [5.41, 5.74) is 3.47. The number of carbonyl (C=O) groups is 1. The number of pyridine rings is 1. The Morgan fingerprint density at radius 2 is 1.75 bits per heavy atom. The zero-order chi connectivity index (χ0) is 22.1. The maximum Gasteiger partial charge on any atom is 0.259 e. The zero-order valence-electron chi connectivity index (χ0n) is 18.5. The monoisotopic (exact) mass is 447 g/mol. The highest BCUT2D eigenvalue weighted by Gasteiger charge is 2.35. The molecule has 0 N–H and O–H groups in total. The number of thiophene rings is 1. The fourth-order valence-corrected chi connectivity index (χ4v) is 5.36. The van der Waals surface area contributed by atoms with Crippen molar-refractivity contribution in [2.45, 2.75) is 38.8 Å². The molecular weight excluding hydrogens is 418 g/mol. The van der Waals surface area contributed by atoms with Crippen LogP contribution < -0.4 is 5.43 Å². The van der Waals surface area contributed by atoms with Gasteiger partial charge in [0, 0.05) is 61.0 Å². The van der Waals surface area contributed by atoms with Gasteiger partial charge in [0.2, 0.25) is 0 Å². The van der Waals surface area contributed by atoms with Gasteiger partial charge in [-0.25, -0.2) is 0 Å². The third-order valence-corrected chi connectivity index (χ3v) is 7.40. The summed E-state index contributed by atoms with van der Waals surface area (Å²) in [6.07, 6.45) is 2.11.